The first kappa shape index (κ1) is 17.4. The molecule has 2 atom stereocenters. The Morgan fingerprint density at radius 2 is 2.11 bits per heavy atom. The molecule has 4 nitrogen and oxygen atoms in total. The van der Waals surface area contributed by atoms with Crippen LogP contribution in [0.25, 0.3) is 0 Å². The number of hydrogen-bond acceptors (Lipinski definition) is 2. The summed E-state index contributed by atoms with van der Waals surface area (Å²) >= 11 is 11.8. The zero-order valence-electron chi connectivity index (χ0n) is 15.2. The van der Waals surface area contributed by atoms with Gasteiger partial charge in [-0.15, -0.1) is 0 Å². The first-order chi connectivity index (χ1) is 12.9. The maximum atomic E-state index is 14.6. The molecule has 3 aliphatic rings. The zero-order valence-corrected chi connectivity index (χ0v) is 16.7. The van der Waals surface area contributed by atoms with Gasteiger partial charge in [0.05, 0.1) is 6.42 Å². The third kappa shape index (κ3) is 2.46. The fraction of sp³-hybridized carbons (Fsp3) is 0.500. The van der Waals surface area contributed by atoms with Gasteiger partial charge in [-0.3, -0.25) is 4.79 Å². The van der Waals surface area contributed by atoms with E-state index in [1.54, 1.807) is 12.1 Å². The number of amides is 1. The molecule has 7 heteroatoms. The second-order valence-corrected chi connectivity index (χ2v) is 8.86. The molecule has 2 aliphatic heterocycles. The summed E-state index contributed by atoms with van der Waals surface area (Å²) < 4.78 is 19.3. The van der Waals surface area contributed by atoms with Crippen molar-refractivity contribution in [3.8, 4) is 0 Å². The van der Waals surface area contributed by atoms with Gasteiger partial charge in [0.15, 0.2) is 4.77 Å². The highest BCUT2D eigenvalue weighted by Crippen LogP contribution is 2.66. The van der Waals surface area contributed by atoms with Gasteiger partial charge in [0.2, 0.25) is 5.91 Å². The quantitative estimate of drug-likeness (QED) is 0.724. The van der Waals surface area contributed by atoms with Crippen molar-refractivity contribution in [3.05, 3.63) is 50.8 Å². The summed E-state index contributed by atoms with van der Waals surface area (Å²) in [5, 5.41) is 0.552. The maximum Gasteiger partial charge on any atom is 0.228 e. The predicted octanol–water partition coefficient (Wildman–Crippen LogP) is 3.95. The summed E-state index contributed by atoms with van der Waals surface area (Å²) in [6.07, 6.45) is 3.41. The second-order valence-electron chi connectivity index (χ2n) is 8.06. The number of fused-ring (bicyclic) bond motifs is 3. The van der Waals surface area contributed by atoms with Gasteiger partial charge in [0.1, 0.15) is 5.82 Å². The van der Waals surface area contributed by atoms with Gasteiger partial charge in [-0.2, -0.15) is 0 Å². The molecule has 3 heterocycles. The summed E-state index contributed by atoms with van der Waals surface area (Å²) in [6.45, 7) is 2.36. The van der Waals surface area contributed by atoms with Crippen molar-refractivity contribution in [2.24, 2.45) is 7.05 Å². The monoisotopic (exact) mass is 405 g/mol. The molecule has 142 valence electrons. The highest BCUT2D eigenvalue weighted by Gasteiger charge is 2.63. The van der Waals surface area contributed by atoms with E-state index in [0.29, 0.717) is 28.3 Å². The SMILES string of the molecule is Cn1c(CC(=O)N2CCCC2)c2n(c1=S)C[C@@]1(c3cc(Cl)ccc3F)CC21. The van der Waals surface area contributed by atoms with Crippen molar-refractivity contribution in [3.63, 3.8) is 0 Å². The third-order valence-corrected chi connectivity index (χ3v) is 7.33. The minimum absolute atomic E-state index is 0.165. The number of rotatable bonds is 3. The zero-order chi connectivity index (χ0) is 18.9. The average Bonchev–Trinajstić information content (AvgIpc) is 3.00. The molecule has 1 aromatic carbocycles. The predicted molar refractivity (Wildman–Crippen MR) is 104 cm³/mol. The number of halogens is 2. The molecular weight excluding hydrogens is 385 g/mol. The van der Waals surface area contributed by atoms with Crippen LogP contribution in [0, 0.1) is 10.6 Å². The Morgan fingerprint density at radius 1 is 1.37 bits per heavy atom. The van der Waals surface area contributed by atoms with Gasteiger partial charge in [0.25, 0.3) is 0 Å². The third-order valence-electron chi connectivity index (χ3n) is 6.60. The minimum atomic E-state index is -0.266. The van der Waals surface area contributed by atoms with Crippen molar-refractivity contribution in [1.82, 2.24) is 14.0 Å². The highest BCUT2D eigenvalue weighted by atomic mass is 35.5. The van der Waals surface area contributed by atoms with Crippen LogP contribution in [0.5, 0.6) is 0 Å². The molecule has 1 saturated carbocycles. The van der Waals surface area contributed by atoms with E-state index in [4.69, 9.17) is 23.8 Å². The Kier molecular flexibility index (Phi) is 3.82. The van der Waals surface area contributed by atoms with Gasteiger partial charge >= 0.3 is 0 Å². The summed E-state index contributed by atoms with van der Waals surface area (Å²) in [6, 6.07) is 4.78. The number of aromatic nitrogens is 2. The van der Waals surface area contributed by atoms with Crippen LogP contribution in [0.2, 0.25) is 5.02 Å². The van der Waals surface area contributed by atoms with Crippen molar-refractivity contribution in [2.45, 2.75) is 43.6 Å². The number of nitrogens with zero attached hydrogens (tertiary/aromatic N) is 3. The molecule has 1 aliphatic carbocycles. The van der Waals surface area contributed by atoms with E-state index in [1.165, 1.54) is 6.07 Å². The fourth-order valence-corrected chi connectivity index (χ4v) is 5.53. The second kappa shape index (κ2) is 5.92. The molecule has 1 aromatic heterocycles. The van der Waals surface area contributed by atoms with Crippen LogP contribution in [-0.4, -0.2) is 33.0 Å². The van der Waals surface area contributed by atoms with Crippen LogP contribution in [0.4, 0.5) is 4.39 Å². The lowest BCUT2D eigenvalue weighted by atomic mass is 9.93. The maximum absolute atomic E-state index is 14.6. The van der Waals surface area contributed by atoms with Crippen molar-refractivity contribution in [2.75, 3.05) is 13.1 Å². The standard InChI is InChI=1S/C20H21ClFN3OS/c1-23-16(9-17(26)24-6-2-3-7-24)18-14-10-20(14,11-25(18)19(23)27)13-8-12(21)4-5-15(13)22/h4-5,8,14H,2-3,6-7,9-11H2,1H3/t14?,20-/m1/s1. The van der Waals surface area contributed by atoms with Crippen LogP contribution >= 0.6 is 23.8 Å². The Labute approximate surface area is 167 Å². The molecule has 0 bridgehead atoms. The summed E-state index contributed by atoms with van der Waals surface area (Å²) in [4.78, 5) is 14.7. The molecule has 0 N–H and O–H groups in total. The molecule has 1 unspecified atom stereocenters. The lowest BCUT2D eigenvalue weighted by Crippen LogP contribution is -2.30. The number of hydrogen-bond donors (Lipinski definition) is 0. The molecule has 5 rings (SSSR count). The van der Waals surface area contributed by atoms with E-state index in [9.17, 15) is 9.18 Å². The first-order valence-corrected chi connectivity index (χ1v) is 10.2. The van der Waals surface area contributed by atoms with Crippen LogP contribution < -0.4 is 0 Å². The van der Waals surface area contributed by atoms with Crippen LogP contribution in [0.3, 0.4) is 0 Å². The molecule has 1 amide bonds. The fourth-order valence-electron chi connectivity index (χ4n) is 5.08. The topological polar surface area (TPSA) is 30.2 Å². The molecule has 0 spiro atoms. The van der Waals surface area contributed by atoms with Crippen molar-refractivity contribution < 1.29 is 9.18 Å². The lowest BCUT2D eigenvalue weighted by molar-refractivity contribution is -0.129. The molecule has 2 fully saturated rings. The molecule has 27 heavy (non-hydrogen) atoms. The average molecular weight is 406 g/mol. The minimum Gasteiger partial charge on any atom is -0.342 e. The summed E-state index contributed by atoms with van der Waals surface area (Å²) in [5.74, 6) is 0.158. The number of benzene rings is 1. The highest BCUT2D eigenvalue weighted by molar-refractivity contribution is 7.71. The van der Waals surface area contributed by atoms with Gasteiger partial charge in [0, 0.05) is 54.4 Å². The first-order valence-electron chi connectivity index (χ1n) is 9.44. The van der Waals surface area contributed by atoms with Gasteiger partial charge < -0.3 is 14.0 Å². The molecule has 0 radical (unpaired) electrons. The van der Waals surface area contributed by atoms with E-state index in [-0.39, 0.29) is 23.1 Å². The van der Waals surface area contributed by atoms with E-state index < -0.39 is 0 Å². The molecule has 1 saturated heterocycles. The number of likely N-dealkylation sites (tertiary alicyclic amines) is 1. The van der Waals surface area contributed by atoms with E-state index in [1.807, 2.05) is 16.5 Å². The van der Waals surface area contributed by atoms with E-state index in [2.05, 4.69) is 4.57 Å². The molecule has 2 aromatic rings. The van der Waals surface area contributed by atoms with Gasteiger partial charge in [-0.1, -0.05) is 11.6 Å². The Balaban J connectivity index is 1.52. The Hall–Kier alpha value is -1.66. The largest absolute Gasteiger partial charge is 0.342 e. The smallest absolute Gasteiger partial charge is 0.228 e. The van der Waals surface area contributed by atoms with E-state index in [0.717, 1.165) is 43.7 Å². The van der Waals surface area contributed by atoms with Crippen molar-refractivity contribution >= 4 is 29.7 Å². The molecular formula is C20H21ClFN3OS. The number of imidazole rings is 1. The summed E-state index contributed by atoms with van der Waals surface area (Å²) in [7, 11) is 1.93. The normalized spacial score (nSPS) is 25.6. The van der Waals surface area contributed by atoms with Gasteiger partial charge in [-0.25, -0.2) is 4.39 Å². The van der Waals surface area contributed by atoms with Crippen molar-refractivity contribution in [1.29, 1.82) is 0 Å². The van der Waals surface area contributed by atoms with Crippen LogP contribution in [0.15, 0.2) is 18.2 Å². The number of carbonyl (C=O) groups is 1. The van der Waals surface area contributed by atoms with Gasteiger partial charge in [-0.05, 0) is 55.2 Å². The summed E-state index contributed by atoms with van der Waals surface area (Å²) in [5.41, 5.74) is 2.52. The number of carbonyl (C=O) groups excluding carboxylic acids is 1. The van der Waals surface area contributed by atoms with Crippen LogP contribution in [-0.2, 0) is 30.2 Å². The Bertz CT molecular complexity index is 1020. The van der Waals surface area contributed by atoms with E-state index >= 15 is 0 Å². The lowest BCUT2D eigenvalue weighted by Gasteiger charge is -2.16. The Morgan fingerprint density at radius 3 is 2.85 bits per heavy atom. The van der Waals surface area contributed by atoms with Crippen LogP contribution in [0.1, 0.15) is 42.1 Å².